The van der Waals surface area contributed by atoms with E-state index >= 15 is 0 Å². The fraction of sp³-hybridized carbons (Fsp3) is 0.846. The summed E-state index contributed by atoms with van der Waals surface area (Å²) in [4.78, 5) is 22.6. The topological polar surface area (TPSA) is 93.4 Å². The van der Waals surface area contributed by atoms with Crippen molar-refractivity contribution in [1.29, 1.82) is 0 Å². The van der Waals surface area contributed by atoms with Crippen molar-refractivity contribution in [1.82, 2.24) is 10.6 Å². The van der Waals surface area contributed by atoms with E-state index in [2.05, 4.69) is 10.6 Å². The van der Waals surface area contributed by atoms with Crippen LogP contribution in [0.2, 0.25) is 0 Å². The maximum atomic E-state index is 11.6. The van der Waals surface area contributed by atoms with E-state index in [-0.39, 0.29) is 30.1 Å². The third-order valence-electron chi connectivity index (χ3n) is 3.07. The maximum Gasteiger partial charge on any atom is 0.407 e. The Morgan fingerprint density at radius 3 is 2.37 bits per heavy atom. The number of alkyl carbamates (subject to hydrolysis) is 1. The van der Waals surface area contributed by atoms with Crippen molar-refractivity contribution in [2.45, 2.75) is 70.7 Å². The van der Waals surface area contributed by atoms with Crippen LogP contribution in [-0.2, 0) is 9.53 Å². The van der Waals surface area contributed by atoms with Gasteiger partial charge in [-0.1, -0.05) is 0 Å². The molecule has 1 saturated carbocycles. The summed E-state index contributed by atoms with van der Waals surface area (Å²) < 4.78 is 5.21. The Balaban J connectivity index is 2.32. The van der Waals surface area contributed by atoms with E-state index in [1.54, 1.807) is 6.92 Å². The smallest absolute Gasteiger partial charge is 0.407 e. The van der Waals surface area contributed by atoms with Gasteiger partial charge in [-0.15, -0.1) is 0 Å². The number of nitrogens with one attached hydrogen (secondary N) is 2. The Kier molecular flexibility index (Phi) is 5.17. The summed E-state index contributed by atoms with van der Waals surface area (Å²) >= 11 is 0. The standard InChI is InChI=1S/C13H25N3O3/c1-8(11(14)17)15-9-5-6-10(7-9)16-12(18)19-13(2,3)4/h8-10,15H,5-7H2,1-4H3,(H2,14,17)(H,16,18). The predicted molar refractivity (Wildman–Crippen MR) is 72.6 cm³/mol. The van der Waals surface area contributed by atoms with Gasteiger partial charge in [0.25, 0.3) is 0 Å². The van der Waals surface area contributed by atoms with Crippen molar-refractivity contribution >= 4 is 12.0 Å². The molecule has 0 aromatic rings. The molecule has 0 bridgehead atoms. The molecule has 19 heavy (non-hydrogen) atoms. The van der Waals surface area contributed by atoms with Gasteiger partial charge >= 0.3 is 6.09 Å². The molecule has 1 aliphatic rings. The summed E-state index contributed by atoms with van der Waals surface area (Å²) in [5.74, 6) is -0.358. The van der Waals surface area contributed by atoms with Crippen LogP contribution < -0.4 is 16.4 Å². The fourth-order valence-electron chi connectivity index (χ4n) is 2.17. The molecule has 0 heterocycles. The molecule has 1 rings (SSSR count). The number of rotatable bonds is 4. The van der Waals surface area contributed by atoms with Crippen molar-refractivity contribution in [2.24, 2.45) is 5.73 Å². The highest BCUT2D eigenvalue weighted by Gasteiger charge is 2.28. The average molecular weight is 271 g/mol. The van der Waals surface area contributed by atoms with E-state index in [0.29, 0.717) is 0 Å². The first kappa shape index (κ1) is 15.8. The summed E-state index contributed by atoms with van der Waals surface area (Å²) in [6, 6.07) is -0.0415. The van der Waals surface area contributed by atoms with E-state index in [9.17, 15) is 9.59 Å². The number of nitrogens with two attached hydrogens (primary N) is 1. The number of carbonyl (C=O) groups excluding carboxylic acids is 2. The van der Waals surface area contributed by atoms with Gasteiger partial charge in [0.15, 0.2) is 0 Å². The third kappa shape index (κ3) is 5.92. The van der Waals surface area contributed by atoms with Gasteiger partial charge in [-0.25, -0.2) is 4.79 Å². The van der Waals surface area contributed by atoms with Crippen LogP contribution in [0.25, 0.3) is 0 Å². The maximum absolute atomic E-state index is 11.6. The zero-order valence-corrected chi connectivity index (χ0v) is 12.2. The van der Waals surface area contributed by atoms with Crippen LogP contribution in [0.15, 0.2) is 0 Å². The summed E-state index contributed by atoms with van der Waals surface area (Å²) in [7, 11) is 0. The minimum absolute atomic E-state index is 0.0902. The molecular weight excluding hydrogens is 246 g/mol. The molecule has 0 radical (unpaired) electrons. The lowest BCUT2D eigenvalue weighted by Gasteiger charge is -2.22. The quantitative estimate of drug-likeness (QED) is 0.708. The number of primary amides is 1. The second kappa shape index (κ2) is 6.23. The van der Waals surface area contributed by atoms with Crippen LogP contribution in [0.1, 0.15) is 47.0 Å². The van der Waals surface area contributed by atoms with Crippen molar-refractivity contribution in [3.63, 3.8) is 0 Å². The van der Waals surface area contributed by atoms with E-state index in [1.807, 2.05) is 20.8 Å². The predicted octanol–water partition coefficient (Wildman–Crippen LogP) is 0.896. The molecule has 4 N–H and O–H groups in total. The van der Waals surface area contributed by atoms with Crippen LogP contribution in [0.3, 0.4) is 0 Å². The Morgan fingerprint density at radius 1 is 1.26 bits per heavy atom. The minimum atomic E-state index is -0.485. The Labute approximate surface area is 114 Å². The lowest BCUT2D eigenvalue weighted by Crippen LogP contribution is -2.44. The van der Waals surface area contributed by atoms with Crippen LogP contribution >= 0.6 is 0 Å². The van der Waals surface area contributed by atoms with Gasteiger partial charge in [-0.05, 0) is 47.0 Å². The van der Waals surface area contributed by atoms with E-state index in [1.165, 1.54) is 0 Å². The molecule has 6 heteroatoms. The lowest BCUT2D eigenvalue weighted by atomic mass is 10.2. The number of amides is 2. The largest absolute Gasteiger partial charge is 0.444 e. The van der Waals surface area contributed by atoms with Gasteiger partial charge in [0.1, 0.15) is 5.60 Å². The van der Waals surface area contributed by atoms with Gasteiger partial charge in [-0.3, -0.25) is 4.79 Å². The minimum Gasteiger partial charge on any atom is -0.444 e. The summed E-state index contributed by atoms with van der Waals surface area (Å²) in [6.45, 7) is 7.25. The molecule has 0 saturated heterocycles. The van der Waals surface area contributed by atoms with Crippen molar-refractivity contribution in [3.05, 3.63) is 0 Å². The zero-order valence-electron chi connectivity index (χ0n) is 12.2. The molecule has 6 nitrogen and oxygen atoms in total. The Bertz CT molecular complexity index is 339. The molecule has 1 aliphatic carbocycles. The molecule has 0 spiro atoms. The van der Waals surface area contributed by atoms with E-state index < -0.39 is 5.60 Å². The van der Waals surface area contributed by atoms with Crippen LogP contribution in [0.5, 0.6) is 0 Å². The first-order valence-corrected chi connectivity index (χ1v) is 6.72. The lowest BCUT2D eigenvalue weighted by molar-refractivity contribution is -0.119. The highest BCUT2D eigenvalue weighted by Crippen LogP contribution is 2.20. The van der Waals surface area contributed by atoms with Gasteiger partial charge in [0.2, 0.25) is 5.91 Å². The molecule has 3 atom stereocenters. The first-order chi connectivity index (χ1) is 8.67. The van der Waals surface area contributed by atoms with Crippen LogP contribution in [0, 0.1) is 0 Å². The molecule has 3 unspecified atom stereocenters. The summed E-state index contributed by atoms with van der Waals surface area (Å²) in [6.07, 6.45) is 2.19. The molecule has 0 aromatic heterocycles. The van der Waals surface area contributed by atoms with Gasteiger partial charge in [-0.2, -0.15) is 0 Å². The normalized spacial score (nSPS) is 24.8. The Hall–Kier alpha value is -1.30. The molecular formula is C13H25N3O3. The second-order valence-electron chi connectivity index (χ2n) is 6.14. The molecule has 110 valence electrons. The molecule has 1 fully saturated rings. The molecule has 0 aromatic carbocycles. The first-order valence-electron chi connectivity index (χ1n) is 6.72. The Morgan fingerprint density at radius 2 is 1.84 bits per heavy atom. The van der Waals surface area contributed by atoms with E-state index in [0.717, 1.165) is 19.3 Å². The van der Waals surface area contributed by atoms with Gasteiger partial charge < -0.3 is 21.1 Å². The summed E-state index contributed by atoms with van der Waals surface area (Å²) in [5.41, 5.74) is 4.72. The van der Waals surface area contributed by atoms with Gasteiger partial charge in [0, 0.05) is 12.1 Å². The van der Waals surface area contributed by atoms with Crippen LogP contribution in [-0.4, -0.2) is 35.7 Å². The number of hydrogen-bond acceptors (Lipinski definition) is 4. The average Bonchev–Trinajstić information content (AvgIpc) is 2.61. The van der Waals surface area contributed by atoms with Gasteiger partial charge in [0.05, 0.1) is 6.04 Å². The van der Waals surface area contributed by atoms with Crippen molar-refractivity contribution < 1.29 is 14.3 Å². The van der Waals surface area contributed by atoms with E-state index in [4.69, 9.17) is 10.5 Å². The zero-order chi connectivity index (χ0) is 14.6. The highest BCUT2D eigenvalue weighted by atomic mass is 16.6. The monoisotopic (exact) mass is 271 g/mol. The number of hydrogen-bond donors (Lipinski definition) is 3. The van der Waals surface area contributed by atoms with Crippen molar-refractivity contribution in [2.75, 3.05) is 0 Å². The van der Waals surface area contributed by atoms with Crippen LogP contribution in [0.4, 0.5) is 4.79 Å². The second-order valence-corrected chi connectivity index (χ2v) is 6.14. The highest BCUT2D eigenvalue weighted by molar-refractivity contribution is 5.79. The molecule has 0 aliphatic heterocycles. The SMILES string of the molecule is CC(NC1CCC(NC(=O)OC(C)(C)C)C1)C(N)=O. The number of carbonyl (C=O) groups is 2. The molecule has 2 amide bonds. The summed E-state index contributed by atoms with van der Waals surface area (Å²) in [5, 5.41) is 6.01. The number of ether oxygens (including phenoxy) is 1. The fourth-order valence-corrected chi connectivity index (χ4v) is 2.17. The van der Waals surface area contributed by atoms with Crippen molar-refractivity contribution in [3.8, 4) is 0 Å². The third-order valence-corrected chi connectivity index (χ3v) is 3.07.